The molecule has 0 unspecified atom stereocenters. The maximum Gasteiger partial charge on any atom is 0.407 e. The number of aromatic nitrogens is 2. The van der Waals surface area contributed by atoms with Crippen molar-refractivity contribution < 1.29 is 14.6 Å². The highest BCUT2D eigenvalue weighted by Gasteiger charge is 2.22. The molecular formula is C25H30N4O3S. The molecule has 0 radical (unpaired) electrons. The number of amides is 1. The Morgan fingerprint density at radius 2 is 1.91 bits per heavy atom. The summed E-state index contributed by atoms with van der Waals surface area (Å²) in [5.41, 5.74) is 2.21. The summed E-state index contributed by atoms with van der Waals surface area (Å²) in [5.74, 6) is 2.41. The fraction of sp³-hybridized carbons (Fsp3) is 0.400. The maximum atomic E-state index is 11.6. The lowest BCUT2D eigenvalue weighted by atomic mass is 9.93. The van der Waals surface area contributed by atoms with Gasteiger partial charge in [-0.2, -0.15) is 0 Å². The van der Waals surface area contributed by atoms with Gasteiger partial charge in [0.25, 0.3) is 0 Å². The summed E-state index contributed by atoms with van der Waals surface area (Å²) in [6.07, 6.45) is 5.75. The molecule has 3 aromatic rings. The van der Waals surface area contributed by atoms with Crippen LogP contribution < -0.4 is 9.64 Å². The summed E-state index contributed by atoms with van der Waals surface area (Å²) in [5, 5.41) is 12.2. The predicted octanol–water partition coefficient (Wildman–Crippen LogP) is 5.39. The minimum absolute atomic E-state index is 0.371. The lowest BCUT2D eigenvalue weighted by Gasteiger charge is -2.33. The van der Waals surface area contributed by atoms with E-state index >= 15 is 0 Å². The SMILES string of the molecule is CCOc1ccc(-c2ccc(N3CCC(CCN(Cc4nccs4)C(=O)O)CC3)nc2)cc1. The van der Waals surface area contributed by atoms with Crippen molar-refractivity contribution in [1.29, 1.82) is 0 Å². The fourth-order valence-electron chi connectivity index (χ4n) is 4.18. The standard InChI is InChI=1S/C25H30N4O3S/c1-2-32-22-6-3-20(4-7-22)21-5-8-23(27-17-21)28-13-9-19(10-14-28)11-15-29(25(30)31)18-24-26-12-16-33-24/h3-8,12,16-17,19H,2,9-11,13-15,18H2,1H3,(H,30,31). The molecule has 174 valence electrons. The molecule has 0 aliphatic carbocycles. The second kappa shape index (κ2) is 11.1. The monoisotopic (exact) mass is 466 g/mol. The Morgan fingerprint density at radius 3 is 2.52 bits per heavy atom. The number of thiazole rings is 1. The molecule has 0 bridgehead atoms. The van der Waals surface area contributed by atoms with E-state index in [0.29, 0.717) is 25.6 Å². The molecule has 0 spiro atoms. The molecule has 2 aromatic heterocycles. The van der Waals surface area contributed by atoms with Gasteiger partial charge in [0.1, 0.15) is 16.6 Å². The van der Waals surface area contributed by atoms with Crippen LogP contribution >= 0.6 is 11.3 Å². The lowest BCUT2D eigenvalue weighted by Crippen LogP contribution is -2.36. The summed E-state index contributed by atoms with van der Waals surface area (Å²) < 4.78 is 5.51. The van der Waals surface area contributed by atoms with Gasteiger partial charge in [0.2, 0.25) is 0 Å². The van der Waals surface area contributed by atoms with Gasteiger partial charge in [-0.3, -0.25) is 0 Å². The summed E-state index contributed by atoms with van der Waals surface area (Å²) in [6, 6.07) is 12.3. The van der Waals surface area contributed by atoms with Crippen molar-refractivity contribution >= 4 is 23.2 Å². The quantitative estimate of drug-likeness (QED) is 0.455. The average Bonchev–Trinajstić information content (AvgIpc) is 3.36. The van der Waals surface area contributed by atoms with Crippen molar-refractivity contribution in [3.63, 3.8) is 0 Å². The van der Waals surface area contributed by atoms with Gasteiger partial charge in [-0.1, -0.05) is 12.1 Å². The van der Waals surface area contributed by atoms with Gasteiger partial charge in [0, 0.05) is 43.0 Å². The Balaban J connectivity index is 1.26. The van der Waals surface area contributed by atoms with Crippen LogP contribution in [0.15, 0.2) is 54.2 Å². The summed E-state index contributed by atoms with van der Waals surface area (Å²) in [6.45, 7) is 5.45. The highest BCUT2D eigenvalue weighted by Crippen LogP contribution is 2.27. The first-order valence-electron chi connectivity index (χ1n) is 11.4. The minimum Gasteiger partial charge on any atom is -0.494 e. The number of nitrogens with zero attached hydrogens (tertiary/aromatic N) is 4. The van der Waals surface area contributed by atoms with E-state index in [1.54, 1.807) is 6.20 Å². The molecule has 1 amide bonds. The van der Waals surface area contributed by atoms with Gasteiger partial charge in [-0.25, -0.2) is 14.8 Å². The van der Waals surface area contributed by atoms with Crippen LogP contribution in [0.3, 0.4) is 0 Å². The molecule has 1 aliphatic rings. The molecule has 1 aliphatic heterocycles. The molecule has 3 heterocycles. The predicted molar refractivity (Wildman–Crippen MR) is 131 cm³/mol. The minimum atomic E-state index is -0.876. The van der Waals surface area contributed by atoms with E-state index in [2.05, 4.69) is 34.1 Å². The van der Waals surface area contributed by atoms with Gasteiger partial charge >= 0.3 is 6.09 Å². The molecule has 8 heteroatoms. The highest BCUT2D eigenvalue weighted by atomic mass is 32.1. The zero-order valence-electron chi connectivity index (χ0n) is 18.9. The van der Waals surface area contributed by atoms with Gasteiger partial charge in [0.15, 0.2) is 0 Å². The second-order valence-electron chi connectivity index (χ2n) is 8.21. The Bertz CT molecular complexity index is 1000. The third kappa shape index (κ3) is 6.22. The molecular weight excluding hydrogens is 436 g/mol. The number of hydrogen-bond acceptors (Lipinski definition) is 6. The fourth-order valence-corrected chi connectivity index (χ4v) is 4.81. The molecule has 0 saturated carbocycles. The third-order valence-corrected chi connectivity index (χ3v) is 6.84. The summed E-state index contributed by atoms with van der Waals surface area (Å²) in [7, 11) is 0. The topological polar surface area (TPSA) is 78.8 Å². The van der Waals surface area contributed by atoms with Gasteiger partial charge in [0.05, 0.1) is 13.2 Å². The first kappa shape index (κ1) is 23.0. The van der Waals surface area contributed by atoms with Crippen molar-refractivity contribution in [1.82, 2.24) is 14.9 Å². The Labute approximate surface area is 198 Å². The zero-order valence-corrected chi connectivity index (χ0v) is 19.7. The van der Waals surface area contributed by atoms with E-state index in [9.17, 15) is 9.90 Å². The Hall–Kier alpha value is -3.13. The van der Waals surface area contributed by atoms with Crippen molar-refractivity contribution in [3.8, 4) is 16.9 Å². The van der Waals surface area contributed by atoms with Crippen LogP contribution in [0.1, 0.15) is 31.2 Å². The molecule has 33 heavy (non-hydrogen) atoms. The largest absolute Gasteiger partial charge is 0.494 e. The summed E-state index contributed by atoms with van der Waals surface area (Å²) in [4.78, 5) is 24.3. The second-order valence-corrected chi connectivity index (χ2v) is 9.19. The number of ether oxygens (including phenoxy) is 1. The van der Waals surface area contributed by atoms with Crippen LogP contribution in [-0.4, -0.2) is 52.3 Å². The number of anilines is 1. The number of hydrogen-bond donors (Lipinski definition) is 1. The molecule has 1 N–H and O–H groups in total. The lowest BCUT2D eigenvalue weighted by molar-refractivity contribution is 0.137. The highest BCUT2D eigenvalue weighted by molar-refractivity contribution is 7.09. The summed E-state index contributed by atoms with van der Waals surface area (Å²) >= 11 is 1.49. The number of pyridine rings is 1. The molecule has 4 rings (SSSR count). The van der Waals surface area contributed by atoms with Crippen molar-refractivity contribution in [2.45, 2.75) is 32.7 Å². The molecule has 7 nitrogen and oxygen atoms in total. The number of benzene rings is 1. The smallest absolute Gasteiger partial charge is 0.407 e. The van der Waals surface area contributed by atoms with E-state index in [1.807, 2.05) is 30.6 Å². The van der Waals surface area contributed by atoms with Crippen molar-refractivity contribution in [2.75, 3.05) is 31.1 Å². The van der Waals surface area contributed by atoms with E-state index in [1.165, 1.54) is 16.2 Å². The van der Waals surface area contributed by atoms with Crippen LogP contribution in [0.4, 0.5) is 10.6 Å². The van der Waals surface area contributed by atoms with Crippen molar-refractivity contribution in [3.05, 3.63) is 59.2 Å². The third-order valence-electron chi connectivity index (χ3n) is 6.07. The van der Waals surface area contributed by atoms with E-state index in [4.69, 9.17) is 9.72 Å². The number of piperidine rings is 1. The van der Waals surface area contributed by atoms with Gasteiger partial charge in [-0.15, -0.1) is 11.3 Å². The van der Waals surface area contributed by atoms with Crippen LogP contribution in [0.2, 0.25) is 0 Å². The van der Waals surface area contributed by atoms with E-state index in [-0.39, 0.29) is 0 Å². The first-order chi connectivity index (χ1) is 16.1. The van der Waals surface area contributed by atoms with E-state index < -0.39 is 6.09 Å². The Morgan fingerprint density at radius 1 is 1.15 bits per heavy atom. The van der Waals surface area contributed by atoms with E-state index in [0.717, 1.165) is 60.1 Å². The van der Waals surface area contributed by atoms with Crippen LogP contribution in [0.5, 0.6) is 5.75 Å². The average molecular weight is 467 g/mol. The zero-order chi connectivity index (χ0) is 23.0. The van der Waals surface area contributed by atoms with Gasteiger partial charge in [-0.05, 0) is 61.9 Å². The van der Waals surface area contributed by atoms with Crippen molar-refractivity contribution in [2.24, 2.45) is 5.92 Å². The molecule has 1 saturated heterocycles. The van der Waals surface area contributed by atoms with Crippen LogP contribution in [0.25, 0.3) is 11.1 Å². The molecule has 0 atom stereocenters. The molecule has 1 aromatic carbocycles. The van der Waals surface area contributed by atoms with Gasteiger partial charge < -0.3 is 19.6 Å². The molecule has 1 fully saturated rings. The maximum absolute atomic E-state index is 11.6. The number of rotatable bonds is 9. The number of carbonyl (C=O) groups is 1. The normalized spacial score (nSPS) is 14.3. The number of carboxylic acid groups (broad SMARTS) is 1. The van der Waals surface area contributed by atoms with Crippen LogP contribution in [0, 0.1) is 5.92 Å². The van der Waals surface area contributed by atoms with Crippen LogP contribution in [-0.2, 0) is 6.54 Å². The Kier molecular flexibility index (Phi) is 7.78. The first-order valence-corrected chi connectivity index (χ1v) is 12.3.